The van der Waals surface area contributed by atoms with Gasteiger partial charge in [0.25, 0.3) is 0 Å². The molecule has 0 saturated heterocycles. The lowest BCUT2D eigenvalue weighted by molar-refractivity contribution is -0.133. The van der Waals surface area contributed by atoms with Crippen molar-refractivity contribution in [2.45, 2.75) is 18.9 Å². The van der Waals surface area contributed by atoms with Crippen LogP contribution >= 0.6 is 0 Å². The second-order valence-corrected chi connectivity index (χ2v) is 3.69. The molecule has 0 aromatic heterocycles. The van der Waals surface area contributed by atoms with Crippen LogP contribution in [0.3, 0.4) is 0 Å². The van der Waals surface area contributed by atoms with E-state index in [4.69, 9.17) is 5.11 Å². The van der Waals surface area contributed by atoms with E-state index >= 15 is 0 Å². The minimum atomic E-state index is -0.911. The molecule has 1 aliphatic rings. The summed E-state index contributed by atoms with van der Waals surface area (Å²) in [5, 5.41) is 18.3. The molecule has 1 aliphatic carbocycles. The molecule has 3 nitrogen and oxygen atoms in total. The number of carbonyl (C=O) groups is 1. The molecule has 78 valence electrons. The van der Waals surface area contributed by atoms with E-state index < -0.39 is 12.1 Å². The fraction of sp³-hybridized carbons (Fsp3) is 0.250. The first-order valence-electron chi connectivity index (χ1n) is 4.85. The third-order valence-corrected chi connectivity index (χ3v) is 2.68. The molecule has 3 heteroatoms. The molecule has 0 aliphatic heterocycles. The number of carboxylic acids is 1. The molecule has 1 unspecified atom stereocenters. The number of aliphatic hydroxyl groups is 1. The van der Waals surface area contributed by atoms with Crippen LogP contribution in [0.4, 0.5) is 0 Å². The highest BCUT2D eigenvalue weighted by Crippen LogP contribution is 2.31. The van der Waals surface area contributed by atoms with Crippen LogP contribution < -0.4 is 0 Å². The smallest absolute Gasteiger partial charge is 0.331 e. The third-order valence-electron chi connectivity index (χ3n) is 2.68. The number of hydrogen-bond donors (Lipinski definition) is 2. The molecular weight excluding hydrogens is 192 g/mol. The normalized spacial score (nSPS) is 19.9. The highest BCUT2D eigenvalue weighted by atomic mass is 16.4. The molecule has 0 spiro atoms. The van der Waals surface area contributed by atoms with Crippen LogP contribution in [0.5, 0.6) is 0 Å². The molecule has 15 heavy (non-hydrogen) atoms. The average molecular weight is 204 g/mol. The number of benzene rings is 1. The molecule has 2 rings (SSSR count). The zero-order valence-electron chi connectivity index (χ0n) is 8.18. The van der Waals surface area contributed by atoms with Gasteiger partial charge in [-0.15, -0.1) is 0 Å². The Bertz CT molecular complexity index is 406. The summed E-state index contributed by atoms with van der Waals surface area (Å²) in [6, 6.07) is 9.57. The number of aliphatic hydroxyl groups excluding tert-OH is 1. The van der Waals surface area contributed by atoms with Crippen molar-refractivity contribution in [2.75, 3.05) is 0 Å². The van der Waals surface area contributed by atoms with E-state index in [1.54, 1.807) is 0 Å². The SMILES string of the molecule is O=C(O)C1=C(Cc2ccccc2)C(O)C1. The zero-order chi connectivity index (χ0) is 10.8. The van der Waals surface area contributed by atoms with Gasteiger partial charge < -0.3 is 10.2 Å². The Morgan fingerprint density at radius 3 is 2.53 bits per heavy atom. The van der Waals surface area contributed by atoms with E-state index in [-0.39, 0.29) is 6.42 Å². The summed E-state index contributed by atoms with van der Waals surface area (Å²) in [5.74, 6) is -0.911. The van der Waals surface area contributed by atoms with Crippen LogP contribution in [0.2, 0.25) is 0 Å². The van der Waals surface area contributed by atoms with E-state index in [2.05, 4.69) is 0 Å². The zero-order valence-corrected chi connectivity index (χ0v) is 8.18. The van der Waals surface area contributed by atoms with Crippen molar-refractivity contribution in [3.63, 3.8) is 0 Å². The van der Waals surface area contributed by atoms with Crippen molar-refractivity contribution in [3.05, 3.63) is 47.0 Å². The highest BCUT2D eigenvalue weighted by molar-refractivity contribution is 5.90. The van der Waals surface area contributed by atoms with E-state index in [1.807, 2.05) is 30.3 Å². The van der Waals surface area contributed by atoms with Crippen molar-refractivity contribution >= 4 is 5.97 Å². The van der Waals surface area contributed by atoms with Gasteiger partial charge in [0.2, 0.25) is 0 Å². The lowest BCUT2D eigenvalue weighted by Crippen LogP contribution is -2.29. The maximum atomic E-state index is 10.8. The molecule has 1 aromatic carbocycles. The summed E-state index contributed by atoms with van der Waals surface area (Å²) in [6.07, 6.45) is 0.234. The average Bonchev–Trinajstić information content (AvgIpc) is 2.23. The molecule has 0 heterocycles. The molecule has 0 saturated carbocycles. The van der Waals surface area contributed by atoms with Crippen LogP contribution in [-0.4, -0.2) is 22.3 Å². The number of hydrogen-bond acceptors (Lipinski definition) is 2. The van der Waals surface area contributed by atoms with Gasteiger partial charge in [0.05, 0.1) is 6.10 Å². The molecule has 0 bridgehead atoms. The van der Waals surface area contributed by atoms with E-state index in [9.17, 15) is 9.90 Å². The largest absolute Gasteiger partial charge is 0.478 e. The van der Waals surface area contributed by atoms with Crippen molar-refractivity contribution < 1.29 is 15.0 Å². The number of carboxylic acid groups (broad SMARTS) is 1. The molecule has 1 atom stereocenters. The topological polar surface area (TPSA) is 57.5 Å². The Morgan fingerprint density at radius 1 is 1.33 bits per heavy atom. The van der Waals surface area contributed by atoms with Gasteiger partial charge in [0.15, 0.2) is 0 Å². The van der Waals surface area contributed by atoms with Gasteiger partial charge in [0, 0.05) is 12.0 Å². The fourth-order valence-electron chi connectivity index (χ4n) is 1.78. The van der Waals surface area contributed by atoms with Gasteiger partial charge in [-0.25, -0.2) is 4.79 Å². The summed E-state index contributed by atoms with van der Waals surface area (Å²) in [7, 11) is 0. The standard InChI is InChI=1S/C12H12O3/c13-11-7-10(12(14)15)9(11)6-8-4-2-1-3-5-8/h1-5,11,13H,6-7H2,(H,14,15). The van der Waals surface area contributed by atoms with Crippen LogP contribution in [0.15, 0.2) is 41.5 Å². The molecule has 0 amide bonds. The Labute approximate surface area is 87.7 Å². The monoisotopic (exact) mass is 204 g/mol. The summed E-state index contributed by atoms with van der Waals surface area (Å²) in [6.45, 7) is 0. The minimum absolute atomic E-state index is 0.275. The van der Waals surface area contributed by atoms with Gasteiger partial charge in [0.1, 0.15) is 0 Å². The van der Waals surface area contributed by atoms with Crippen LogP contribution in [0.1, 0.15) is 12.0 Å². The second-order valence-electron chi connectivity index (χ2n) is 3.69. The van der Waals surface area contributed by atoms with Crippen LogP contribution in [-0.2, 0) is 11.2 Å². The second kappa shape index (κ2) is 3.87. The van der Waals surface area contributed by atoms with Gasteiger partial charge in [-0.1, -0.05) is 30.3 Å². The highest BCUT2D eigenvalue weighted by Gasteiger charge is 2.31. The van der Waals surface area contributed by atoms with Crippen LogP contribution in [0.25, 0.3) is 0 Å². The van der Waals surface area contributed by atoms with Gasteiger partial charge in [-0.05, 0) is 17.6 Å². The lowest BCUT2D eigenvalue weighted by Gasteiger charge is -2.27. The first-order valence-corrected chi connectivity index (χ1v) is 4.85. The van der Waals surface area contributed by atoms with Crippen molar-refractivity contribution in [3.8, 4) is 0 Å². The quantitative estimate of drug-likeness (QED) is 0.781. The summed E-state index contributed by atoms with van der Waals surface area (Å²) in [4.78, 5) is 10.8. The third kappa shape index (κ3) is 1.92. The first-order chi connectivity index (χ1) is 7.18. The predicted octanol–water partition coefficient (Wildman–Crippen LogP) is 1.37. The number of aliphatic carboxylic acids is 1. The van der Waals surface area contributed by atoms with Crippen molar-refractivity contribution in [1.29, 1.82) is 0 Å². The maximum Gasteiger partial charge on any atom is 0.331 e. The molecular formula is C12H12O3. The van der Waals surface area contributed by atoms with Gasteiger partial charge in [-0.2, -0.15) is 0 Å². The van der Waals surface area contributed by atoms with Crippen molar-refractivity contribution in [2.24, 2.45) is 0 Å². The molecule has 0 fully saturated rings. The molecule has 2 N–H and O–H groups in total. The molecule has 0 radical (unpaired) electrons. The minimum Gasteiger partial charge on any atom is -0.478 e. The Kier molecular flexibility index (Phi) is 2.56. The Balaban J connectivity index is 2.19. The van der Waals surface area contributed by atoms with E-state index in [0.717, 1.165) is 5.56 Å². The van der Waals surface area contributed by atoms with Crippen molar-refractivity contribution in [1.82, 2.24) is 0 Å². The van der Waals surface area contributed by atoms with E-state index in [0.29, 0.717) is 17.6 Å². The fourth-order valence-corrected chi connectivity index (χ4v) is 1.78. The van der Waals surface area contributed by atoms with Gasteiger partial charge >= 0.3 is 5.97 Å². The molecule has 1 aromatic rings. The summed E-state index contributed by atoms with van der Waals surface area (Å²) in [5.41, 5.74) is 2.05. The predicted molar refractivity (Wildman–Crippen MR) is 55.4 cm³/mol. The van der Waals surface area contributed by atoms with Crippen LogP contribution in [0, 0.1) is 0 Å². The summed E-state index contributed by atoms with van der Waals surface area (Å²) < 4.78 is 0. The first kappa shape index (κ1) is 9.93. The summed E-state index contributed by atoms with van der Waals surface area (Å²) >= 11 is 0. The Hall–Kier alpha value is -1.61. The lowest BCUT2D eigenvalue weighted by atomic mass is 9.82. The van der Waals surface area contributed by atoms with Gasteiger partial charge in [-0.3, -0.25) is 0 Å². The van der Waals surface area contributed by atoms with E-state index in [1.165, 1.54) is 0 Å². The maximum absolute atomic E-state index is 10.8. The Morgan fingerprint density at radius 2 is 2.00 bits per heavy atom. The number of rotatable bonds is 3.